The average Bonchev–Trinajstić information content (AvgIpc) is 2.18. The van der Waals surface area contributed by atoms with Crippen LogP contribution in [0.1, 0.15) is 15.9 Å². The molecule has 0 bridgehead atoms. The molecule has 0 heterocycles. The lowest BCUT2D eigenvalue weighted by Gasteiger charge is -2.06. The molecule has 4 heteroatoms. The zero-order chi connectivity index (χ0) is 10.6. The topological polar surface area (TPSA) is 77.8 Å². The van der Waals surface area contributed by atoms with E-state index in [0.29, 0.717) is 6.42 Å². The Labute approximate surface area is 81.4 Å². The van der Waals surface area contributed by atoms with Crippen molar-refractivity contribution in [2.24, 2.45) is 0 Å². The summed E-state index contributed by atoms with van der Waals surface area (Å²) in [6.07, 6.45) is -0.457. The Morgan fingerprint density at radius 3 is 2.29 bits per heavy atom. The molecule has 3 N–H and O–H groups in total. The molecule has 0 fully saturated rings. The van der Waals surface area contributed by atoms with Gasteiger partial charge < -0.3 is 15.3 Å². The van der Waals surface area contributed by atoms with E-state index in [1.165, 1.54) is 12.1 Å². The zero-order valence-electron chi connectivity index (χ0n) is 7.55. The average molecular weight is 196 g/mol. The highest BCUT2D eigenvalue weighted by atomic mass is 16.4. The zero-order valence-corrected chi connectivity index (χ0v) is 7.55. The van der Waals surface area contributed by atoms with Crippen LogP contribution in [0.5, 0.6) is 0 Å². The summed E-state index contributed by atoms with van der Waals surface area (Å²) in [5.41, 5.74) is 1.02. The number of carboxylic acid groups (broad SMARTS) is 1. The van der Waals surface area contributed by atoms with Gasteiger partial charge in [0.1, 0.15) is 0 Å². The Balaban J connectivity index is 2.68. The molecule has 1 aromatic carbocycles. The largest absolute Gasteiger partial charge is 0.478 e. The van der Waals surface area contributed by atoms with Crippen LogP contribution in [0, 0.1) is 0 Å². The summed E-state index contributed by atoms with van der Waals surface area (Å²) in [7, 11) is 0. The van der Waals surface area contributed by atoms with Crippen LogP contribution in [-0.4, -0.2) is 34.0 Å². The molecule has 0 aromatic heterocycles. The first-order valence-electron chi connectivity index (χ1n) is 4.24. The molecule has 0 aliphatic carbocycles. The van der Waals surface area contributed by atoms with E-state index in [2.05, 4.69) is 0 Å². The molecule has 0 radical (unpaired) electrons. The highest BCUT2D eigenvalue weighted by Crippen LogP contribution is 2.06. The molecule has 0 aliphatic heterocycles. The predicted molar refractivity (Wildman–Crippen MR) is 50.2 cm³/mol. The fraction of sp³-hybridized carbons (Fsp3) is 0.300. The van der Waals surface area contributed by atoms with Gasteiger partial charge in [0.05, 0.1) is 18.3 Å². The standard InChI is InChI=1S/C10H12O4/c11-6-9(12)5-7-1-3-8(4-2-7)10(13)14/h1-4,9,11-12H,5-6H2,(H,13,14). The Kier molecular flexibility index (Phi) is 3.62. The minimum absolute atomic E-state index is 0.215. The molecule has 0 saturated carbocycles. The van der Waals surface area contributed by atoms with E-state index in [4.69, 9.17) is 15.3 Å². The Hall–Kier alpha value is -1.39. The summed E-state index contributed by atoms with van der Waals surface area (Å²) >= 11 is 0. The van der Waals surface area contributed by atoms with E-state index in [-0.39, 0.29) is 12.2 Å². The van der Waals surface area contributed by atoms with Gasteiger partial charge in [-0.05, 0) is 17.7 Å². The second kappa shape index (κ2) is 4.74. The molecule has 14 heavy (non-hydrogen) atoms. The van der Waals surface area contributed by atoms with Crippen molar-refractivity contribution in [3.05, 3.63) is 35.4 Å². The van der Waals surface area contributed by atoms with Gasteiger partial charge in [-0.2, -0.15) is 0 Å². The summed E-state index contributed by atoms with van der Waals surface area (Å²) in [5.74, 6) is -0.973. The van der Waals surface area contributed by atoms with Crippen molar-refractivity contribution >= 4 is 5.97 Å². The minimum Gasteiger partial charge on any atom is -0.478 e. The molecule has 0 aliphatic rings. The smallest absolute Gasteiger partial charge is 0.335 e. The van der Waals surface area contributed by atoms with Crippen LogP contribution in [0.15, 0.2) is 24.3 Å². The quantitative estimate of drug-likeness (QED) is 0.646. The summed E-state index contributed by atoms with van der Waals surface area (Å²) < 4.78 is 0. The van der Waals surface area contributed by atoms with Gasteiger partial charge in [-0.15, -0.1) is 0 Å². The Morgan fingerprint density at radius 2 is 1.86 bits per heavy atom. The predicted octanol–water partition coefficient (Wildman–Crippen LogP) is 0.281. The molecule has 1 rings (SSSR count). The second-order valence-corrected chi connectivity index (χ2v) is 3.04. The van der Waals surface area contributed by atoms with Gasteiger partial charge >= 0.3 is 5.97 Å². The minimum atomic E-state index is -0.973. The second-order valence-electron chi connectivity index (χ2n) is 3.04. The molecule has 0 spiro atoms. The van der Waals surface area contributed by atoms with Gasteiger partial charge in [-0.3, -0.25) is 0 Å². The fourth-order valence-corrected chi connectivity index (χ4v) is 1.12. The van der Waals surface area contributed by atoms with Crippen LogP contribution in [0.2, 0.25) is 0 Å². The lowest BCUT2D eigenvalue weighted by Crippen LogP contribution is -2.15. The van der Waals surface area contributed by atoms with Gasteiger partial charge in [0.15, 0.2) is 0 Å². The van der Waals surface area contributed by atoms with E-state index >= 15 is 0 Å². The highest BCUT2D eigenvalue weighted by Gasteiger charge is 2.05. The number of carboxylic acids is 1. The van der Waals surface area contributed by atoms with Crippen molar-refractivity contribution < 1.29 is 20.1 Å². The number of benzene rings is 1. The number of aromatic carboxylic acids is 1. The normalized spacial score (nSPS) is 12.4. The maximum atomic E-state index is 10.5. The molecular formula is C10H12O4. The molecule has 0 amide bonds. The van der Waals surface area contributed by atoms with E-state index in [9.17, 15) is 4.79 Å². The number of aliphatic hydroxyl groups excluding tert-OH is 2. The Morgan fingerprint density at radius 1 is 1.29 bits per heavy atom. The van der Waals surface area contributed by atoms with Crippen molar-refractivity contribution in [1.82, 2.24) is 0 Å². The van der Waals surface area contributed by atoms with Crippen molar-refractivity contribution in [3.8, 4) is 0 Å². The maximum Gasteiger partial charge on any atom is 0.335 e. The van der Waals surface area contributed by atoms with Crippen LogP contribution in [0.25, 0.3) is 0 Å². The van der Waals surface area contributed by atoms with Crippen LogP contribution in [0.3, 0.4) is 0 Å². The van der Waals surface area contributed by atoms with Crippen molar-refractivity contribution in [3.63, 3.8) is 0 Å². The van der Waals surface area contributed by atoms with E-state index in [1.54, 1.807) is 12.1 Å². The third-order valence-corrected chi connectivity index (χ3v) is 1.88. The summed E-state index contributed by atoms with van der Waals surface area (Å²) in [6, 6.07) is 6.20. The first-order chi connectivity index (χ1) is 6.63. The molecule has 0 saturated heterocycles. The van der Waals surface area contributed by atoms with E-state index in [1.807, 2.05) is 0 Å². The molecule has 1 atom stereocenters. The third-order valence-electron chi connectivity index (χ3n) is 1.88. The van der Waals surface area contributed by atoms with Crippen molar-refractivity contribution in [1.29, 1.82) is 0 Å². The monoisotopic (exact) mass is 196 g/mol. The molecule has 4 nitrogen and oxygen atoms in total. The van der Waals surface area contributed by atoms with Gasteiger partial charge in [0.2, 0.25) is 0 Å². The lowest BCUT2D eigenvalue weighted by atomic mass is 10.1. The van der Waals surface area contributed by atoms with Crippen molar-refractivity contribution in [2.45, 2.75) is 12.5 Å². The number of carbonyl (C=O) groups is 1. The van der Waals surface area contributed by atoms with Crippen molar-refractivity contribution in [2.75, 3.05) is 6.61 Å². The van der Waals surface area contributed by atoms with Gasteiger partial charge in [-0.1, -0.05) is 12.1 Å². The van der Waals surface area contributed by atoms with Gasteiger partial charge in [0.25, 0.3) is 0 Å². The number of hydrogen-bond acceptors (Lipinski definition) is 3. The van der Waals surface area contributed by atoms with Crippen LogP contribution in [0.4, 0.5) is 0 Å². The molecular weight excluding hydrogens is 184 g/mol. The highest BCUT2D eigenvalue weighted by molar-refractivity contribution is 5.87. The fourth-order valence-electron chi connectivity index (χ4n) is 1.12. The Bertz CT molecular complexity index is 304. The van der Waals surface area contributed by atoms with Crippen LogP contribution >= 0.6 is 0 Å². The number of aliphatic hydroxyl groups is 2. The summed E-state index contributed by atoms with van der Waals surface area (Å²) in [6.45, 7) is -0.291. The lowest BCUT2D eigenvalue weighted by molar-refractivity contribution is 0.0697. The maximum absolute atomic E-state index is 10.5. The van der Waals surface area contributed by atoms with Crippen LogP contribution in [-0.2, 0) is 6.42 Å². The molecule has 1 unspecified atom stereocenters. The summed E-state index contributed by atoms with van der Waals surface area (Å²) in [5, 5.41) is 26.3. The summed E-state index contributed by atoms with van der Waals surface area (Å²) in [4.78, 5) is 10.5. The van der Waals surface area contributed by atoms with Gasteiger partial charge in [0, 0.05) is 6.42 Å². The first-order valence-corrected chi connectivity index (χ1v) is 4.24. The van der Waals surface area contributed by atoms with Gasteiger partial charge in [-0.25, -0.2) is 4.79 Å². The third kappa shape index (κ3) is 2.83. The molecule has 1 aromatic rings. The number of hydrogen-bond donors (Lipinski definition) is 3. The van der Waals surface area contributed by atoms with E-state index in [0.717, 1.165) is 5.56 Å². The molecule has 76 valence electrons. The van der Waals surface area contributed by atoms with E-state index < -0.39 is 12.1 Å². The SMILES string of the molecule is O=C(O)c1ccc(CC(O)CO)cc1. The van der Waals surface area contributed by atoms with Crippen LogP contribution < -0.4 is 0 Å². The number of rotatable bonds is 4. The first kappa shape index (κ1) is 10.7.